The standard InChI is InChI=1S/C27H36N4O/c1-20-8-7-9-23(17-20)26(32)29-27(28-24-18-21(2)16-22(3)19-24)31-14-12-30(13-15-31)25-10-5-4-6-11-25/h7-9,16-19,25H,4-6,10-15H2,1-3H3,(H,28,29,32). The molecule has 1 saturated heterocycles. The Kier molecular flexibility index (Phi) is 7.26. The maximum Gasteiger partial charge on any atom is 0.257 e. The highest BCUT2D eigenvalue weighted by atomic mass is 16.1. The van der Waals surface area contributed by atoms with E-state index in [1.165, 1.54) is 43.2 Å². The van der Waals surface area contributed by atoms with E-state index in [9.17, 15) is 4.79 Å². The fourth-order valence-corrected chi connectivity index (χ4v) is 5.02. The lowest BCUT2D eigenvalue weighted by Gasteiger charge is -2.41. The summed E-state index contributed by atoms with van der Waals surface area (Å²) < 4.78 is 0. The van der Waals surface area contributed by atoms with Crippen molar-refractivity contribution in [2.45, 2.75) is 58.9 Å². The van der Waals surface area contributed by atoms with Gasteiger partial charge >= 0.3 is 0 Å². The lowest BCUT2D eigenvalue weighted by molar-refractivity contribution is 0.0943. The topological polar surface area (TPSA) is 47.9 Å². The van der Waals surface area contributed by atoms with Crippen molar-refractivity contribution in [2.24, 2.45) is 4.99 Å². The van der Waals surface area contributed by atoms with Crippen molar-refractivity contribution in [3.05, 3.63) is 64.7 Å². The van der Waals surface area contributed by atoms with Crippen LogP contribution in [0.3, 0.4) is 0 Å². The Labute approximate surface area is 192 Å². The number of aliphatic imine (C=N–C) groups is 1. The number of nitrogens with one attached hydrogen (secondary N) is 1. The fraction of sp³-hybridized carbons (Fsp3) is 0.481. The van der Waals surface area contributed by atoms with Gasteiger partial charge in [-0.3, -0.25) is 15.0 Å². The van der Waals surface area contributed by atoms with E-state index in [1.807, 2.05) is 31.2 Å². The predicted molar refractivity (Wildman–Crippen MR) is 132 cm³/mol. The number of carbonyl (C=O) groups is 1. The van der Waals surface area contributed by atoms with Crippen LogP contribution in [0, 0.1) is 20.8 Å². The molecule has 1 saturated carbocycles. The number of hydrogen-bond donors (Lipinski definition) is 1. The lowest BCUT2D eigenvalue weighted by Crippen LogP contribution is -2.55. The minimum Gasteiger partial charge on any atom is -0.340 e. The second-order valence-electron chi connectivity index (χ2n) is 9.42. The average molecular weight is 433 g/mol. The zero-order valence-corrected chi connectivity index (χ0v) is 19.7. The molecule has 1 heterocycles. The highest BCUT2D eigenvalue weighted by Gasteiger charge is 2.27. The third kappa shape index (κ3) is 5.77. The largest absolute Gasteiger partial charge is 0.340 e. The first-order valence-electron chi connectivity index (χ1n) is 12.0. The Morgan fingerprint density at radius 2 is 1.56 bits per heavy atom. The van der Waals surface area contributed by atoms with E-state index < -0.39 is 0 Å². The molecule has 1 aliphatic heterocycles. The van der Waals surface area contributed by atoms with Gasteiger partial charge in [0.1, 0.15) is 0 Å². The number of nitrogens with zero attached hydrogens (tertiary/aromatic N) is 3. The number of guanidine groups is 1. The number of piperazine rings is 1. The molecule has 5 heteroatoms. The van der Waals surface area contributed by atoms with Gasteiger partial charge in [-0.05, 0) is 69.0 Å². The molecule has 0 spiro atoms. The number of aryl methyl sites for hydroxylation is 3. The minimum absolute atomic E-state index is 0.105. The third-order valence-corrected chi connectivity index (χ3v) is 6.65. The van der Waals surface area contributed by atoms with Crippen molar-refractivity contribution < 1.29 is 4.79 Å². The summed E-state index contributed by atoms with van der Waals surface area (Å²) in [6.45, 7) is 9.99. The van der Waals surface area contributed by atoms with E-state index >= 15 is 0 Å². The summed E-state index contributed by atoms with van der Waals surface area (Å²) >= 11 is 0. The van der Waals surface area contributed by atoms with E-state index in [0.717, 1.165) is 43.5 Å². The molecular weight excluding hydrogens is 396 g/mol. The molecule has 2 aromatic rings. The number of benzene rings is 2. The Bertz CT molecular complexity index is 949. The summed E-state index contributed by atoms with van der Waals surface area (Å²) in [4.78, 5) is 22.9. The molecule has 170 valence electrons. The van der Waals surface area contributed by atoms with Gasteiger partial charge in [0.25, 0.3) is 5.91 Å². The van der Waals surface area contributed by atoms with E-state index in [-0.39, 0.29) is 5.91 Å². The number of hydrogen-bond acceptors (Lipinski definition) is 3. The van der Waals surface area contributed by atoms with Crippen LogP contribution < -0.4 is 5.32 Å². The maximum absolute atomic E-state index is 13.1. The van der Waals surface area contributed by atoms with Crippen LogP contribution in [0.25, 0.3) is 0 Å². The van der Waals surface area contributed by atoms with Gasteiger partial charge in [0.15, 0.2) is 0 Å². The molecule has 0 radical (unpaired) electrons. The molecule has 2 aromatic carbocycles. The van der Waals surface area contributed by atoms with Gasteiger partial charge in [0.05, 0.1) is 5.69 Å². The Morgan fingerprint density at radius 1 is 0.875 bits per heavy atom. The molecule has 2 aliphatic rings. The first-order chi connectivity index (χ1) is 15.5. The van der Waals surface area contributed by atoms with Crippen molar-refractivity contribution in [3.8, 4) is 0 Å². The zero-order valence-electron chi connectivity index (χ0n) is 19.7. The minimum atomic E-state index is -0.105. The van der Waals surface area contributed by atoms with Gasteiger partial charge < -0.3 is 4.90 Å². The fourth-order valence-electron chi connectivity index (χ4n) is 5.02. The molecule has 0 unspecified atom stereocenters. The van der Waals surface area contributed by atoms with Crippen molar-refractivity contribution in [1.29, 1.82) is 0 Å². The summed E-state index contributed by atoms with van der Waals surface area (Å²) in [5.74, 6) is 0.552. The molecule has 4 rings (SSSR count). The van der Waals surface area contributed by atoms with Gasteiger partial charge in [-0.1, -0.05) is 43.0 Å². The molecule has 0 aromatic heterocycles. The van der Waals surface area contributed by atoms with E-state index in [4.69, 9.17) is 4.99 Å². The van der Waals surface area contributed by atoms with Gasteiger partial charge in [0, 0.05) is 37.8 Å². The normalized spacial score (nSPS) is 18.6. The quantitative estimate of drug-likeness (QED) is 0.550. The van der Waals surface area contributed by atoms with Crippen molar-refractivity contribution in [1.82, 2.24) is 15.1 Å². The Hall–Kier alpha value is -2.66. The number of rotatable bonds is 3. The molecule has 1 N–H and O–H groups in total. The van der Waals surface area contributed by atoms with Gasteiger partial charge in [-0.15, -0.1) is 0 Å². The molecule has 2 fully saturated rings. The summed E-state index contributed by atoms with van der Waals surface area (Å²) in [6, 6.07) is 14.7. The van der Waals surface area contributed by atoms with Crippen molar-refractivity contribution in [2.75, 3.05) is 26.2 Å². The third-order valence-electron chi connectivity index (χ3n) is 6.65. The number of carbonyl (C=O) groups excluding carboxylic acids is 1. The molecule has 32 heavy (non-hydrogen) atoms. The van der Waals surface area contributed by atoms with Crippen LogP contribution in [0.1, 0.15) is 59.2 Å². The van der Waals surface area contributed by atoms with Crippen LogP contribution in [0.5, 0.6) is 0 Å². The smallest absolute Gasteiger partial charge is 0.257 e. The summed E-state index contributed by atoms with van der Waals surface area (Å²) in [6.07, 6.45) is 6.75. The van der Waals surface area contributed by atoms with Crippen LogP contribution in [0.15, 0.2) is 47.5 Å². The summed E-state index contributed by atoms with van der Waals surface area (Å²) in [5.41, 5.74) is 4.98. The summed E-state index contributed by atoms with van der Waals surface area (Å²) in [5, 5.41) is 3.13. The van der Waals surface area contributed by atoms with E-state index in [1.54, 1.807) is 0 Å². The first kappa shape index (κ1) is 22.5. The van der Waals surface area contributed by atoms with Crippen LogP contribution >= 0.6 is 0 Å². The van der Waals surface area contributed by atoms with Crippen molar-refractivity contribution in [3.63, 3.8) is 0 Å². The van der Waals surface area contributed by atoms with Gasteiger partial charge in [-0.25, -0.2) is 4.99 Å². The monoisotopic (exact) mass is 432 g/mol. The average Bonchev–Trinajstić information content (AvgIpc) is 2.79. The SMILES string of the molecule is Cc1cc(C)cc(N=C(NC(=O)c2cccc(C)c2)N2CCN(C3CCCCC3)CC2)c1. The highest BCUT2D eigenvalue weighted by Crippen LogP contribution is 2.24. The molecule has 0 bridgehead atoms. The van der Waals surface area contributed by atoms with Crippen LogP contribution in [-0.4, -0.2) is 53.9 Å². The van der Waals surface area contributed by atoms with Crippen LogP contribution in [0.4, 0.5) is 5.69 Å². The molecule has 1 aliphatic carbocycles. The first-order valence-corrected chi connectivity index (χ1v) is 12.0. The predicted octanol–water partition coefficient (Wildman–Crippen LogP) is 4.98. The Morgan fingerprint density at radius 3 is 2.22 bits per heavy atom. The van der Waals surface area contributed by atoms with Crippen molar-refractivity contribution >= 4 is 17.6 Å². The molecule has 0 atom stereocenters. The second kappa shape index (κ2) is 10.3. The Balaban J connectivity index is 1.53. The molecule has 5 nitrogen and oxygen atoms in total. The maximum atomic E-state index is 13.1. The van der Waals surface area contributed by atoms with Gasteiger partial charge in [-0.2, -0.15) is 0 Å². The number of amides is 1. The van der Waals surface area contributed by atoms with Crippen LogP contribution in [-0.2, 0) is 0 Å². The van der Waals surface area contributed by atoms with Crippen LogP contribution in [0.2, 0.25) is 0 Å². The molecule has 1 amide bonds. The highest BCUT2D eigenvalue weighted by molar-refractivity contribution is 6.06. The lowest BCUT2D eigenvalue weighted by atomic mass is 9.94. The van der Waals surface area contributed by atoms with E-state index in [2.05, 4.69) is 47.2 Å². The second-order valence-corrected chi connectivity index (χ2v) is 9.42. The summed E-state index contributed by atoms with van der Waals surface area (Å²) in [7, 11) is 0. The van der Waals surface area contributed by atoms with Gasteiger partial charge in [0.2, 0.25) is 5.96 Å². The zero-order chi connectivity index (χ0) is 22.5. The molecular formula is C27H36N4O. The van der Waals surface area contributed by atoms with E-state index in [0.29, 0.717) is 11.5 Å².